The van der Waals surface area contributed by atoms with Crippen molar-refractivity contribution in [3.05, 3.63) is 0 Å². The molecule has 0 aromatic heterocycles. The van der Waals surface area contributed by atoms with Gasteiger partial charge in [-0.2, -0.15) is 8.42 Å². The Morgan fingerprint density at radius 1 is 1.00 bits per heavy atom. The van der Waals surface area contributed by atoms with E-state index in [9.17, 15) is 23.4 Å². The maximum absolute atomic E-state index is 12.6. The van der Waals surface area contributed by atoms with Gasteiger partial charge in [0.2, 0.25) is 5.91 Å². The van der Waals surface area contributed by atoms with Crippen LogP contribution in [0.3, 0.4) is 0 Å². The number of aliphatic hydroxyl groups is 2. The molecule has 4 rings (SSSR count). The molecule has 0 aliphatic heterocycles. The molecule has 7 nitrogen and oxygen atoms in total. The number of amides is 1. The molecule has 0 radical (unpaired) electrons. The molecule has 4 fully saturated rings. The highest BCUT2D eigenvalue weighted by Gasteiger charge is 2.64. The van der Waals surface area contributed by atoms with Gasteiger partial charge in [-0.3, -0.25) is 9.35 Å². The Kier molecular flexibility index (Phi) is 8.47. The summed E-state index contributed by atoms with van der Waals surface area (Å²) in [5.41, 5.74) is 0.349. The highest BCUT2D eigenvalue weighted by molar-refractivity contribution is 7.85. The predicted molar refractivity (Wildman–Crippen MR) is 144 cm³/mol. The van der Waals surface area contributed by atoms with Crippen LogP contribution in [-0.4, -0.2) is 53.6 Å². The molecule has 4 unspecified atom stereocenters. The lowest BCUT2D eigenvalue weighted by Crippen LogP contribution is -2.62. The first-order valence-corrected chi connectivity index (χ1v) is 16.4. The van der Waals surface area contributed by atoms with Crippen molar-refractivity contribution in [3.63, 3.8) is 0 Å². The van der Waals surface area contributed by atoms with Crippen LogP contribution in [0.1, 0.15) is 92.4 Å². The molecule has 8 heteroatoms. The molecule has 0 aromatic rings. The smallest absolute Gasteiger partial charge is 0.266 e. The van der Waals surface area contributed by atoms with Gasteiger partial charge in [0.25, 0.3) is 10.1 Å². The number of carbonyl (C=O) groups excluding carboxylic acids is 1. The first-order chi connectivity index (χ1) is 17.2. The molecule has 0 spiro atoms. The Labute approximate surface area is 224 Å². The van der Waals surface area contributed by atoms with Gasteiger partial charge in [0.05, 0.1) is 18.0 Å². The normalized spacial score (nSPS) is 45.3. The largest absolute Gasteiger partial charge is 0.393 e. The second kappa shape index (κ2) is 10.7. The highest BCUT2D eigenvalue weighted by Crippen LogP contribution is 2.69. The van der Waals surface area contributed by atoms with Gasteiger partial charge in [0.15, 0.2) is 0 Å². The summed E-state index contributed by atoms with van der Waals surface area (Å²) in [6.07, 6.45) is 8.54. The van der Waals surface area contributed by atoms with Gasteiger partial charge in [-0.25, -0.2) is 0 Å². The van der Waals surface area contributed by atoms with E-state index in [4.69, 9.17) is 4.55 Å². The van der Waals surface area contributed by atoms with Crippen molar-refractivity contribution in [2.75, 3.05) is 12.3 Å². The van der Waals surface area contributed by atoms with E-state index in [0.717, 1.165) is 57.8 Å². The maximum Gasteiger partial charge on any atom is 0.266 e. The van der Waals surface area contributed by atoms with Gasteiger partial charge in [-0.05, 0) is 104 Å². The molecule has 12 atom stereocenters. The molecule has 0 bridgehead atoms. The lowest BCUT2D eigenvalue weighted by atomic mass is 9.41. The summed E-state index contributed by atoms with van der Waals surface area (Å²) < 4.78 is 30.8. The van der Waals surface area contributed by atoms with E-state index in [-0.39, 0.29) is 47.3 Å². The molecule has 0 saturated heterocycles. The number of nitrogens with one attached hydrogen (secondary N) is 1. The van der Waals surface area contributed by atoms with Crippen molar-refractivity contribution >= 4 is 16.0 Å². The molecule has 0 heterocycles. The number of carbonyl (C=O) groups is 1. The summed E-state index contributed by atoms with van der Waals surface area (Å²) in [4.78, 5) is 12.6. The average molecular weight is 542 g/mol. The molecule has 37 heavy (non-hydrogen) atoms. The van der Waals surface area contributed by atoms with Crippen LogP contribution < -0.4 is 5.32 Å². The number of hydrogen-bond donors (Lipinski definition) is 4. The van der Waals surface area contributed by atoms with E-state index in [0.29, 0.717) is 35.5 Å². The van der Waals surface area contributed by atoms with E-state index in [2.05, 4.69) is 33.0 Å². The first-order valence-electron chi connectivity index (χ1n) is 14.8. The topological polar surface area (TPSA) is 124 Å². The zero-order valence-electron chi connectivity index (χ0n) is 23.5. The molecule has 214 valence electrons. The van der Waals surface area contributed by atoms with Crippen molar-refractivity contribution in [1.29, 1.82) is 0 Å². The number of rotatable bonds is 8. The van der Waals surface area contributed by atoms with Crippen molar-refractivity contribution in [3.8, 4) is 0 Å². The minimum Gasteiger partial charge on any atom is -0.393 e. The lowest BCUT2D eigenvalue weighted by molar-refractivity contribution is -0.203. The molecular formula is C29H51NO6S. The van der Waals surface area contributed by atoms with Crippen LogP contribution in [0.4, 0.5) is 0 Å². The molecule has 4 saturated carbocycles. The van der Waals surface area contributed by atoms with E-state index in [1.165, 1.54) is 0 Å². The van der Waals surface area contributed by atoms with Gasteiger partial charge in [0.1, 0.15) is 0 Å². The standard InChI is InChI=1S/C29H51NO6S/c1-6-20-24-16-19(31)9-11-29(24,5)23-10-12-28(4)21(7-8-22(28)25(23)26(20)32)17(2)15-18(3)27(33)30-13-14-37(34,35)36/h17-26,31-32H,6-16H2,1-5H3,(H,30,33)(H,34,35,36)/t17-,18+,19-,20-,21-,22?,23?,24?,25?,26+,28-,29-/m1/s1. The Morgan fingerprint density at radius 3 is 2.30 bits per heavy atom. The third-order valence-electron chi connectivity index (χ3n) is 12.0. The van der Waals surface area contributed by atoms with Crippen LogP contribution in [-0.2, 0) is 14.9 Å². The quantitative estimate of drug-likeness (QED) is 0.340. The summed E-state index contributed by atoms with van der Waals surface area (Å²) in [5, 5.41) is 25.0. The van der Waals surface area contributed by atoms with Gasteiger partial charge in [-0.1, -0.05) is 41.0 Å². The SMILES string of the molecule is CC[C@@H]1C2C[C@H](O)CC[C@]2(C)C2CC[C@@]3(C)C(CC[C@@H]3[C@H](C)C[C@H](C)C(=O)NCCS(=O)(=O)O)C2[C@H]1O. The molecule has 4 aliphatic rings. The van der Waals surface area contributed by atoms with E-state index in [1.54, 1.807) is 0 Å². The number of aliphatic hydroxyl groups excluding tert-OH is 2. The Bertz CT molecular complexity index is 941. The van der Waals surface area contributed by atoms with Crippen LogP contribution in [0.2, 0.25) is 0 Å². The first kappa shape index (κ1) is 29.3. The Balaban J connectivity index is 1.47. The van der Waals surface area contributed by atoms with Gasteiger partial charge in [0, 0.05) is 12.5 Å². The fourth-order valence-corrected chi connectivity index (χ4v) is 10.6. The molecule has 0 aromatic carbocycles. The summed E-state index contributed by atoms with van der Waals surface area (Å²) in [7, 11) is -4.09. The van der Waals surface area contributed by atoms with Crippen LogP contribution in [0.5, 0.6) is 0 Å². The average Bonchev–Trinajstić information content (AvgIpc) is 3.16. The zero-order chi connectivity index (χ0) is 27.3. The Hall–Kier alpha value is -0.700. The van der Waals surface area contributed by atoms with Crippen LogP contribution in [0, 0.1) is 58.2 Å². The minimum absolute atomic E-state index is 0.0735. The molecule has 4 aliphatic carbocycles. The molecular weight excluding hydrogens is 490 g/mol. The summed E-state index contributed by atoms with van der Waals surface area (Å²) >= 11 is 0. The summed E-state index contributed by atoms with van der Waals surface area (Å²) in [5.74, 6) is 1.98. The fourth-order valence-electron chi connectivity index (χ4n) is 10.2. The second-order valence-corrected chi connectivity index (χ2v) is 15.4. The lowest BCUT2D eigenvalue weighted by Gasteiger charge is -2.64. The second-order valence-electron chi connectivity index (χ2n) is 13.8. The summed E-state index contributed by atoms with van der Waals surface area (Å²) in [6, 6.07) is 0. The number of hydrogen-bond acceptors (Lipinski definition) is 5. The van der Waals surface area contributed by atoms with Crippen molar-refractivity contribution < 1.29 is 28.0 Å². The van der Waals surface area contributed by atoms with Crippen LogP contribution >= 0.6 is 0 Å². The van der Waals surface area contributed by atoms with Crippen LogP contribution in [0.15, 0.2) is 0 Å². The number of fused-ring (bicyclic) bond motifs is 5. The van der Waals surface area contributed by atoms with Crippen molar-refractivity contribution in [1.82, 2.24) is 5.32 Å². The van der Waals surface area contributed by atoms with Gasteiger partial charge in [-0.15, -0.1) is 0 Å². The fraction of sp³-hybridized carbons (Fsp3) is 0.966. The van der Waals surface area contributed by atoms with Crippen LogP contribution in [0.25, 0.3) is 0 Å². The van der Waals surface area contributed by atoms with Crippen molar-refractivity contribution in [2.24, 2.45) is 58.2 Å². The maximum atomic E-state index is 12.6. The molecule has 1 amide bonds. The minimum atomic E-state index is -4.09. The summed E-state index contributed by atoms with van der Waals surface area (Å²) in [6.45, 7) is 11.2. The Morgan fingerprint density at radius 2 is 1.65 bits per heavy atom. The molecule has 4 N–H and O–H groups in total. The third kappa shape index (κ3) is 5.38. The monoisotopic (exact) mass is 541 g/mol. The third-order valence-corrected chi connectivity index (χ3v) is 12.7. The highest BCUT2D eigenvalue weighted by atomic mass is 32.2. The van der Waals surface area contributed by atoms with Gasteiger partial charge >= 0.3 is 0 Å². The van der Waals surface area contributed by atoms with E-state index in [1.807, 2.05) is 6.92 Å². The van der Waals surface area contributed by atoms with E-state index >= 15 is 0 Å². The van der Waals surface area contributed by atoms with E-state index < -0.39 is 15.9 Å². The predicted octanol–water partition coefficient (Wildman–Crippen LogP) is 4.28. The van der Waals surface area contributed by atoms with Gasteiger partial charge < -0.3 is 15.5 Å². The zero-order valence-corrected chi connectivity index (χ0v) is 24.3. The van der Waals surface area contributed by atoms with Crippen molar-refractivity contribution in [2.45, 2.75) is 105 Å².